The van der Waals surface area contributed by atoms with Crippen LogP contribution in [0, 0.1) is 0 Å². The summed E-state index contributed by atoms with van der Waals surface area (Å²) in [4.78, 5) is 7.45. The highest BCUT2D eigenvalue weighted by molar-refractivity contribution is 5.71. The van der Waals surface area contributed by atoms with Crippen molar-refractivity contribution < 1.29 is 9.47 Å². The van der Waals surface area contributed by atoms with Crippen LogP contribution >= 0.6 is 0 Å². The van der Waals surface area contributed by atoms with Gasteiger partial charge < -0.3 is 20.2 Å². The molecule has 0 saturated carbocycles. The highest BCUT2D eigenvalue weighted by Crippen LogP contribution is 2.33. The van der Waals surface area contributed by atoms with E-state index in [4.69, 9.17) is 15.2 Å². The molecule has 0 aliphatic rings. The number of benzene rings is 1. The molecular weight excluding hydrogens is 230 g/mol. The summed E-state index contributed by atoms with van der Waals surface area (Å²) in [6.07, 6.45) is 2.41. The quantitative estimate of drug-likeness (QED) is 0.841. The Morgan fingerprint density at radius 1 is 1.28 bits per heavy atom. The average molecular weight is 247 g/mol. The fourth-order valence-corrected chi connectivity index (χ4v) is 1.89. The summed E-state index contributed by atoms with van der Waals surface area (Å²) in [6, 6.07) is 5.64. The Kier molecular flexibility index (Phi) is 3.84. The number of methoxy groups -OCH3 is 2. The molecule has 0 aliphatic heterocycles. The molecule has 5 nitrogen and oxygen atoms in total. The third-order valence-electron chi connectivity index (χ3n) is 2.77. The molecule has 0 bridgehead atoms. The Hall–Kier alpha value is -2.01. The SMILES string of the molecule is COc1ccc(OC)c(-c2nc[nH]c2CCN)c1. The van der Waals surface area contributed by atoms with E-state index in [1.807, 2.05) is 18.2 Å². The van der Waals surface area contributed by atoms with E-state index in [1.165, 1.54) is 0 Å². The smallest absolute Gasteiger partial charge is 0.128 e. The van der Waals surface area contributed by atoms with Crippen LogP contribution in [0.15, 0.2) is 24.5 Å². The van der Waals surface area contributed by atoms with Gasteiger partial charge >= 0.3 is 0 Å². The number of aromatic nitrogens is 2. The van der Waals surface area contributed by atoms with Gasteiger partial charge in [0.1, 0.15) is 11.5 Å². The second kappa shape index (κ2) is 5.55. The van der Waals surface area contributed by atoms with Gasteiger partial charge in [0.15, 0.2) is 0 Å². The van der Waals surface area contributed by atoms with Crippen LogP contribution < -0.4 is 15.2 Å². The van der Waals surface area contributed by atoms with Gasteiger partial charge in [0.05, 0.1) is 26.2 Å². The van der Waals surface area contributed by atoms with Gasteiger partial charge in [0.25, 0.3) is 0 Å². The van der Waals surface area contributed by atoms with Gasteiger partial charge in [-0.05, 0) is 24.7 Å². The standard InChI is InChI=1S/C13H17N3O2/c1-17-9-3-4-12(18-2)10(7-9)13-11(5-6-14)15-8-16-13/h3-4,7-8H,5-6,14H2,1-2H3,(H,15,16). The van der Waals surface area contributed by atoms with Crippen molar-refractivity contribution in [1.29, 1.82) is 0 Å². The van der Waals surface area contributed by atoms with Gasteiger partial charge in [-0.3, -0.25) is 0 Å². The Labute approximate surface area is 106 Å². The molecular formula is C13H17N3O2. The molecule has 0 atom stereocenters. The van der Waals surface area contributed by atoms with Crippen LogP contribution in [0.25, 0.3) is 11.3 Å². The summed E-state index contributed by atoms with van der Waals surface area (Å²) >= 11 is 0. The third-order valence-corrected chi connectivity index (χ3v) is 2.77. The first-order valence-corrected chi connectivity index (χ1v) is 5.75. The van der Waals surface area contributed by atoms with Crippen LogP contribution in [0.4, 0.5) is 0 Å². The molecule has 0 aliphatic carbocycles. The van der Waals surface area contributed by atoms with Crippen molar-refractivity contribution in [2.24, 2.45) is 5.73 Å². The van der Waals surface area contributed by atoms with E-state index in [9.17, 15) is 0 Å². The fourth-order valence-electron chi connectivity index (χ4n) is 1.89. The Balaban J connectivity index is 2.50. The predicted octanol–water partition coefficient (Wildman–Crippen LogP) is 1.60. The number of nitrogens with one attached hydrogen (secondary N) is 1. The first-order chi connectivity index (χ1) is 8.80. The molecule has 1 aromatic carbocycles. The first kappa shape index (κ1) is 12.4. The van der Waals surface area contributed by atoms with E-state index in [-0.39, 0.29) is 0 Å². The lowest BCUT2D eigenvalue weighted by atomic mass is 10.1. The zero-order valence-electron chi connectivity index (χ0n) is 10.6. The second-order valence-corrected chi connectivity index (χ2v) is 3.83. The number of H-pyrrole nitrogens is 1. The van der Waals surface area contributed by atoms with E-state index in [1.54, 1.807) is 20.5 Å². The van der Waals surface area contributed by atoms with Gasteiger partial charge in [-0.25, -0.2) is 4.98 Å². The fraction of sp³-hybridized carbons (Fsp3) is 0.308. The van der Waals surface area contributed by atoms with E-state index in [0.717, 1.165) is 34.9 Å². The van der Waals surface area contributed by atoms with Crippen LogP contribution in [-0.2, 0) is 6.42 Å². The van der Waals surface area contributed by atoms with Crippen LogP contribution in [0.1, 0.15) is 5.69 Å². The van der Waals surface area contributed by atoms with E-state index < -0.39 is 0 Å². The molecule has 1 aromatic heterocycles. The lowest BCUT2D eigenvalue weighted by Gasteiger charge is -2.10. The largest absolute Gasteiger partial charge is 0.497 e. The zero-order valence-corrected chi connectivity index (χ0v) is 10.6. The van der Waals surface area contributed by atoms with E-state index in [0.29, 0.717) is 6.54 Å². The van der Waals surface area contributed by atoms with Crippen molar-refractivity contribution in [1.82, 2.24) is 9.97 Å². The first-order valence-electron chi connectivity index (χ1n) is 5.75. The minimum absolute atomic E-state index is 0.571. The summed E-state index contributed by atoms with van der Waals surface area (Å²) < 4.78 is 10.6. The maximum Gasteiger partial charge on any atom is 0.128 e. The van der Waals surface area contributed by atoms with Crippen LogP contribution in [0.3, 0.4) is 0 Å². The Morgan fingerprint density at radius 3 is 2.78 bits per heavy atom. The normalized spacial score (nSPS) is 10.4. The molecule has 2 rings (SSSR count). The van der Waals surface area contributed by atoms with Gasteiger partial charge in [-0.2, -0.15) is 0 Å². The molecule has 0 spiro atoms. The molecule has 3 N–H and O–H groups in total. The van der Waals surface area contributed by atoms with Gasteiger partial charge in [0, 0.05) is 17.7 Å². The lowest BCUT2D eigenvalue weighted by molar-refractivity contribution is 0.404. The summed E-state index contributed by atoms with van der Waals surface area (Å²) in [5.74, 6) is 1.54. The number of rotatable bonds is 5. The topological polar surface area (TPSA) is 73.2 Å². The highest BCUT2D eigenvalue weighted by Gasteiger charge is 2.13. The Morgan fingerprint density at radius 2 is 2.11 bits per heavy atom. The number of nitrogens with two attached hydrogens (primary N) is 1. The molecule has 0 saturated heterocycles. The number of ether oxygens (including phenoxy) is 2. The summed E-state index contributed by atoms with van der Waals surface area (Å²) in [5, 5.41) is 0. The molecule has 18 heavy (non-hydrogen) atoms. The van der Waals surface area contributed by atoms with Crippen molar-refractivity contribution >= 4 is 0 Å². The maximum atomic E-state index is 5.59. The molecule has 2 aromatic rings. The predicted molar refractivity (Wildman–Crippen MR) is 69.9 cm³/mol. The van der Waals surface area contributed by atoms with Crippen molar-refractivity contribution in [3.63, 3.8) is 0 Å². The molecule has 1 heterocycles. The minimum atomic E-state index is 0.571. The van der Waals surface area contributed by atoms with Crippen LogP contribution in [0.5, 0.6) is 11.5 Å². The summed E-state index contributed by atoms with van der Waals surface area (Å²) in [5.41, 5.74) is 8.36. The third kappa shape index (κ3) is 2.31. The maximum absolute atomic E-state index is 5.59. The molecule has 96 valence electrons. The Bertz CT molecular complexity index is 523. The number of imidazole rings is 1. The summed E-state index contributed by atoms with van der Waals surface area (Å²) in [6.45, 7) is 0.571. The monoisotopic (exact) mass is 247 g/mol. The van der Waals surface area contributed by atoms with E-state index >= 15 is 0 Å². The van der Waals surface area contributed by atoms with E-state index in [2.05, 4.69) is 9.97 Å². The molecule has 5 heteroatoms. The highest BCUT2D eigenvalue weighted by atomic mass is 16.5. The number of hydrogen-bond acceptors (Lipinski definition) is 4. The van der Waals surface area contributed by atoms with Gasteiger partial charge in [-0.1, -0.05) is 0 Å². The molecule has 0 unspecified atom stereocenters. The van der Waals surface area contributed by atoms with Crippen molar-refractivity contribution in [2.45, 2.75) is 6.42 Å². The molecule has 0 amide bonds. The molecule has 0 radical (unpaired) electrons. The number of aromatic amines is 1. The average Bonchev–Trinajstić information content (AvgIpc) is 2.86. The summed E-state index contributed by atoms with van der Waals surface area (Å²) in [7, 11) is 3.28. The van der Waals surface area contributed by atoms with Crippen LogP contribution in [0.2, 0.25) is 0 Å². The second-order valence-electron chi connectivity index (χ2n) is 3.83. The van der Waals surface area contributed by atoms with Crippen LogP contribution in [-0.4, -0.2) is 30.7 Å². The minimum Gasteiger partial charge on any atom is -0.497 e. The number of hydrogen-bond donors (Lipinski definition) is 2. The zero-order chi connectivity index (χ0) is 13.0. The molecule has 0 fully saturated rings. The van der Waals surface area contributed by atoms with Gasteiger partial charge in [-0.15, -0.1) is 0 Å². The van der Waals surface area contributed by atoms with Crippen molar-refractivity contribution in [3.8, 4) is 22.8 Å². The van der Waals surface area contributed by atoms with Crippen molar-refractivity contribution in [3.05, 3.63) is 30.2 Å². The van der Waals surface area contributed by atoms with Gasteiger partial charge in [0.2, 0.25) is 0 Å². The number of nitrogens with zero attached hydrogens (tertiary/aromatic N) is 1. The van der Waals surface area contributed by atoms with Crippen molar-refractivity contribution in [2.75, 3.05) is 20.8 Å². The lowest BCUT2D eigenvalue weighted by Crippen LogP contribution is -2.04.